The number of hydrogen-bond donors (Lipinski definition) is 2. The molecule has 2 aliphatic carbocycles. The molecule has 3 saturated heterocycles. The Kier molecular flexibility index (Phi) is 9.18. The van der Waals surface area contributed by atoms with Gasteiger partial charge in [0.05, 0.1) is 28.9 Å². The van der Waals surface area contributed by atoms with Crippen molar-refractivity contribution < 1.29 is 28.7 Å². The molecule has 298 valence electrons. The minimum atomic E-state index is -1.61. The molecular weight excluding hydrogens is 767 g/mol. The Bertz CT molecular complexity index is 2540. The van der Waals surface area contributed by atoms with Crippen LogP contribution in [0.5, 0.6) is 5.75 Å². The van der Waals surface area contributed by atoms with E-state index in [0.29, 0.717) is 40.1 Å². The summed E-state index contributed by atoms with van der Waals surface area (Å²) in [4.78, 5) is 63.9. The highest BCUT2D eigenvalue weighted by Gasteiger charge is 2.71. The molecule has 3 heterocycles. The number of hydrazine groups is 1. The number of carbonyl (C=O) groups excluding carboxylic acids is 4. The zero-order chi connectivity index (χ0) is 40.6. The summed E-state index contributed by atoms with van der Waals surface area (Å²) in [6, 6.07) is 33.4. The van der Waals surface area contributed by atoms with Crippen molar-refractivity contribution in [3.8, 4) is 5.75 Å². The molecule has 5 aromatic carbocycles. The molecule has 0 aromatic heterocycles. The maximum absolute atomic E-state index is 15.6. The largest absolute Gasteiger partial charge is 0.508 e. The highest BCUT2D eigenvalue weighted by molar-refractivity contribution is 6.30. The molecule has 11 heteroatoms. The van der Waals surface area contributed by atoms with Gasteiger partial charge < -0.3 is 5.11 Å². The number of carbonyl (C=O) groups is 4. The number of benzene rings is 5. The molecule has 3 aliphatic heterocycles. The van der Waals surface area contributed by atoms with Crippen molar-refractivity contribution in [1.29, 1.82) is 0 Å². The van der Waals surface area contributed by atoms with Gasteiger partial charge in [0.1, 0.15) is 11.6 Å². The minimum absolute atomic E-state index is 0.0487. The monoisotopic (exact) mass is 808 g/mol. The number of phenolic OH excluding ortho intramolecular Hbond substituents is 1. The van der Waals surface area contributed by atoms with E-state index >= 15 is 9.59 Å². The average Bonchev–Trinajstić information content (AvgIpc) is 3.63. The molecule has 0 radical (unpaired) electrons. The molecule has 10 rings (SSSR count). The van der Waals surface area contributed by atoms with Crippen LogP contribution < -0.4 is 5.43 Å². The fourth-order valence-corrected chi connectivity index (χ4v) is 11.2. The number of phenols is 1. The van der Waals surface area contributed by atoms with Gasteiger partial charge in [0.25, 0.3) is 11.8 Å². The number of amides is 4. The van der Waals surface area contributed by atoms with Gasteiger partial charge in [-0.05, 0) is 96.0 Å². The summed E-state index contributed by atoms with van der Waals surface area (Å²) < 4.78 is 14.0. The van der Waals surface area contributed by atoms with Crippen LogP contribution in [0.3, 0.4) is 0 Å². The third kappa shape index (κ3) is 5.90. The molecule has 4 amide bonds. The topological polar surface area (TPSA) is 110 Å². The highest BCUT2D eigenvalue weighted by atomic mass is 35.5. The first-order valence-corrected chi connectivity index (χ1v) is 20.7. The molecule has 0 spiro atoms. The molecule has 1 saturated carbocycles. The molecule has 5 aromatic rings. The number of nitrogens with one attached hydrogen (secondary N) is 1. The van der Waals surface area contributed by atoms with Crippen LogP contribution in [0.4, 0.5) is 10.1 Å². The third-order valence-corrected chi connectivity index (χ3v) is 13.9. The van der Waals surface area contributed by atoms with Crippen LogP contribution in [0.25, 0.3) is 10.8 Å². The summed E-state index contributed by atoms with van der Waals surface area (Å²) in [6.07, 6.45) is 3.75. The molecule has 9 nitrogen and oxygen atoms in total. The first-order chi connectivity index (χ1) is 28.6. The van der Waals surface area contributed by atoms with E-state index in [9.17, 15) is 19.1 Å². The van der Waals surface area contributed by atoms with E-state index in [4.69, 9.17) is 11.6 Å². The lowest BCUT2D eigenvalue weighted by molar-refractivity contribution is -0.144. The number of hydrogen-bond acceptors (Lipinski definition) is 7. The van der Waals surface area contributed by atoms with Gasteiger partial charge in [-0.2, -0.15) is 5.01 Å². The number of nitrogens with zero attached hydrogens (tertiary/aromatic N) is 3. The van der Waals surface area contributed by atoms with Gasteiger partial charge in [-0.3, -0.25) is 34.4 Å². The van der Waals surface area contributed by atoms with Crippen LogP contribution in [-0.2, 0) is 31.1 Å². The Balaban J connectivity index is 1.09. The van der Waals surface area contributed by atoms with Crippen molar-refractivity contribution in [3.63, 3.8) is 0 Å². The van der Waals surface area contributed by atoms with Crippen LogP contribution in [-0.4, -0.2) is 62.7 Å². The van der Waals surface area contributed by atoms with E-state index in [0.717, 1.165) is 35.6 Å². The highest BCUT2D eigenvalue weighted by Crippen LogP contribution is 2.65. The van der Waals surface area contributed by atoms with E-state index < -0.39 is 52.6 Å². The Morgan fingerprint density at radius 3 is 2.24 bits per heavy atom. The first-order valence-electron chi connectivity index (χ1n) is 20.4. The van der Waals surface area contributed by atoms with Gasteiger partial charge in [0, 0.05) is 42.2 Å². The van der Waals surface area contributed by atoms with Crippen LogP contribution in [0.15, 0.2) is 127 Å². The summed E-state index contributed by atoms with van der Waals surface area (Å²) in [5.74, 6) is -5.85. The Morgan fingerprint density at radius 2 is 1.49 bits per heavy atom. The molecular formula is C48H42ClFN4O5. The lowest BCUT2D eigenvalue weighted by Crippen LogP contribution is -2.53. The summed E-state index contributed by atoms with van der Waals surface area (Å²) in [7, 11) is 0. The third-order valence-electron chi connectivity index (χ3n) is 13.7. The van der Waals surface area contributed by atoms with Crippen LogP contribution >= 0.6 is 11.6 Å². The summed E-state index contributed by atoms with van der Waals surface area (Å²) in [6.45, 7) is 2.30. The zero-order valence-electron chi connectivity index (χ0n) is 32.1. The Labute approximate surface area is 346 Å². The summed E-state index contributed by atoms with van der Waals surface area (Å²) in [5.41, 5.74) is 4.70. The standard InChI is InChI=1S/C48H42ClFN4O5/c49-31-13-11-30(12-14-31)48-39(45(57)54(47(48)59)51-33-17-15-32(50)16-18-33)26-38-36(43(48)42-35-9-5-4-8-29(35)10-21-40(42)55)19-20-37-41(38)46(58)53(44(37)56)34-22-24-52(25-23-34)27-28-6-2-1-3-7-28/h1-19,21,34,37-39,41,43,51,55H,20,22-27H2. The number of allylic oxidation sites excluding steroid dienone is 2. The molecule has 6 unspecified atom stereocenters. The molecule has 59 heavy (non-hydrogen) atoms. The maximum Gasteiger partial charge on any atom is 0.260 e. The number of anilines is 1. The summed E-state index contributed by atoms with van der Waals surface area (Å²) >= 11 is 6.45. The van der Waals surface area contributed by atoms with Gasteiger partial charge in [0.2, 0.25) is 11.8 Å². The number of halogens is 2. The van der Waals surface area contributed by atoms with E-state index in [-0.39, 0.29) is 36.4 Å². The smallest absolute Gasteiger partial charge is 0.260 e. The number of aromatic hydroxyl groups is 1. The summed E-state index contributed by atoms with van der Waals surface area (Å²) in [5, 5.41) is 15.0. The van der Waals surface area contributed by atoms with Crippen LogP contribution in [0.1, 0.15) is 48.3 Å². The van der Waals surface area contributed by atoms with Crippen molar-refractivity contribution in [2.24, 2.45) is 23.7 Å². The first kappa shape index (κ1) is 37.4. The molecule has 5 aliphatic rings. The Morgan fingerprint density at radius 1 is 0.780 bits per heavy atom. The van der Waals surface area contributed by atoms with Gasteiger partial charge in [-0.1, -0.05) is 96.0 Å². The maximum atomic E-state index is 15.6. The number of imide groups is 2. The lowest BCUT2D eigenvalue weighted by atomic mass is 9.48. The number of likely N-dealkylation sites (tertiary alicyclic amines) is 2. The van der Waals surface area contributed by atoms with Gasteiger partial charge >= 0.3 is 0 Å². The zero-order valence-corrected chi connectivity index (χ0v) is 32.9. The predicted molar refractivity (Wildman–Crippen MR) is 221 cm³/mol. The second kappa shape index (κ2) is 14.5. The van der Waals surface area contributed by atoms with Crippen molar-refractivity contribution in [1.82, 2.24) is 14.8 Å². The minimum Gasteiger partial charge on any atom is -0.508 e. The normalized spacial score (nSPS) is 27.2. The Hall–Kier alpha value is -5.84. The number of rotatable bonds is 7. The van der Waals surface area contributed by atoms with E-state index in [2.05, 4.69) is 22.5 Å². The fraction of sp³-hybridized carbons (Fsp3) is 0.292. The second-order valence-electron chi connectivity index (χ2n) is 16.6. The second-order valence-corrected chi connectivity index (χ2v) is 17.1. The quantitative estimate of drug-likeness (QED) is 0.127. The lowest BCUT2D eigenvalue weighted by Gasteiger charge is -2.51. The molecule has 4 fully saturated rings. The fourth-order valence-electron chi connectivity index (χ4n) is 11.1. The van der Waals surface area contributed by atoms with Crippen molar-refractivity contribution in [2.45, 2.75) is 49.6 Å². The SMILES string of the molecule is O=C1C2CC3C(=CCC4C(=O)N(C5CCN(Cc6ccccc6)CC5)C(=O)C43)C(c3c(O)ccc4ccccc34)C2(c2ccc(Cl)cc2)C(=O)N1Nc1ccc(F)cc1. The van der Waals surface area contributed by atoms with Crippen molar-refractivity contribution in [3.05, 3.63) is 154 Å². The number of fused-ring (bicyclic) bond motifs is 5. The van der Waals surface area contributed by atoms with Crippen LogP contribution in [0, 0.1) is 29.5 Å². The van der Waals surface area contributed by atoms with Crippen molar-refractivity contribution in [2.75, 3.05) is 18.5 Å². The van der Waals surface area contributed by atoms with Gasteiger partial charge in [0.15, 0.2) is 0 Å². The van der Waals surface area contributed by atoms with E-state index in [1.807, 2.05) is 54.6 Å². The van der Waals surface area contributed by atoms with Crippen molar-refractivity contribution >= 4 is 51.7 Å². The molecule has 2 N–H and O–H groups in total. The van der Waals surface area contributed by atoms with E-state index in [1.54, 1.807) is 30.3 Å². The van der Waals surface area contributed by atoms with Gasteiger partial charge in [-0.25, -0.2) is 4.39 Å². The van der Waals surface area contributed by atoms with E-state index in [1.165, 1.54) is 34.7 Å². The van der Waals surface area contributed by atoms with Crippen LogP contribution in [0.2, 0.25) is 5.02 Å². The average molecular weight is 809 g/mol. The molecule has 0 bridgehead atoms. The van der Waals surface area contributed by atoms with Gasteiger partial charge in [-0.15, -0.1) is 0 Å². The molecule has 6 atom stereocenters. The number of piperidine rings is 1. The predicted octanol–water partition coefficient (Wildman–Crippen LogP) is 7.99.